The zero-order valence-corrected chi connectivity index (χ0v) is 11.5. The second-order valence-electron chi connectivity index (χ2n) is 2.46. The Bertz CT molecular complexity index is 431. The molecule has 3 nitrogen and oxygen atoms in total. The van der Waals surface area contributed by atoms with Crippen LogP contribution in [0.3, 0.4) is 0 Å². The standard InChI is InChI=1S/C10H5Cl2IO3/c11-7-3-1-4-8(12)9(7)16-10(14)15-6-2-5-13/h1,3-4H,6H2. The number of hydrogen-bond donors (Lipinski definition) is 0. The molecule has 0 saturated carbocycles. The molecular formula is C10H5Cl2IO3. The van der Waals surface area contributed by atoms with E-state index in [0.29, 0.717) is 0 Å². The molecule has 0 atom stereocenters. The minimum Gasteiger partial charge on any atom is -0.421 e. The summed E-state index contributed by atoms with van der Waals surface area (Å²) in [5.74, 6) is 2.62. The minimum atomic E-state index is -0.894. The number of halogens is 3. The van der Waals surface area contributed by atoms with Crippen molar-refractivity contribution in [3.63, 3.8) is 0 Å². The van der Waals surface area contributed by atoms with Crippen LogP contribution in [0.25, 0.3) is 0 Å². The fourth-order valence-corrected chi connectivity index (χ4v) is 1.45. The van der Waals surface area contributed by atoms with E-state index in [9.17, 15) is 4.79 Å². The number of rotatable bonds is 2. The van der Waals surface area contributed by atoms with Crippen LogP contribution in [0.1, 0.15) is 0 Å². The van der Waals surface area contributed by atoms with Crippen LogP contribution in [0.4, 0.5) is 4.79 Å². The lowest BCUT2D eigenvalue weighted by Gasteiger charge is -2.06. The third-order valence-electron chi connectivity index (χ3n) is 1.43. The number of hydrogen-bond acceptors (Lipinski definition) is 3. The lowest BCUT2D eigenvalue weighted by Crippen LogP contribution is -2.11. The van der Waals surface area contributed by atoms with Crippen LogP contribution in [0, 0.1) is 9.85 Å². The topological polar surface area (TPSA) is 35.5 Å². The average molecular weight is 371 g/mol. The van der Waals surface area contributed by atoms with Gasteiger partial charge in [-0.2, -0.15) is 0 Å². The van der Waals surface area contributed by atoms with Crippen molar-refractivity contribution in [2.45, 2.75) is 0 Å². The van der Waals surface area contributed by atoms with Crippen molar-refractivity contribution >= 4 is 51.9 Å². The summed E-state index contributed by atoms with van der Waals surface area (Å²) < 4.78 is 12.0. The summed E-state index contributed by atoms with van der Waals surface area (Å²) in [4.78, 5) is 11.2. The van der Waals surface area contributed by atoms with E-state index >= 15 is 0 Å². The molecule has 0 aromatic heterocycles. The smallest absolute Gasteiger partial charge is 0.421 e. The fourth-order valence-electron chi connectivity index (χ4n) is 0.815. The van der Waals surface area contributed by atoms with E-state index in [2.05, 4.69) is 14.6 Å². The summed E-state index contributed by atoms with van der Waals surface area (Å²) in [5.41, 5.74) is 0. The van der Waals surface area contributed by atoms with Gasteiger partial charge in [-0.1, -0.05) is 35.2 Å². The quantitative estimate of drug-likeness (QED) is 0.343. The zero-order valence-electron chi connectivity index (χ0n) is 7.80. The lowest BCUT2D eigenvalue weighted by molar-refractivity contribution is 0.111. The molecular weight excluding hydrogens is 366 g/mol. The molecule has 0 fully saturated rings. The lowest BCUT2D eigenvalue weighted by atomic mass is 10.3. The summed E-state index contributed by atoms with van der Waals surface area (Å²) >= 11 is 13.4. The summed E-state index contributed by atoms with van der Waals surface area (Å²) in [6, 6.07) is 4.76. The van der Waals surface area contributed by atoms with Gasteiger partial charge in [-0.15, -0.1) is 0 Å². The number of carbonyl (C=O) groups is 1. The second-order valence-corrected chi connectivity index (χ2v) is 3.82. The maximum absolute atomic E-state index is 11.2. The van der Waals surface area contributed by atoms with E-state index in [1.54, 1.807) is 18.2 Å². The predicted molar refractivity (Wildman–Crippen MR) is 70.2 cm³/mol. The van der Waals surface area contributed by atoms with Gasteiger partial charge in [-0.25, -0.2) is 4.79 Å². The van der Waals surface area contributed by atoms with Gasteiger partial charge in [0.1, 0.15) is 0 Å². The highest BCUT2D eigenvalue weighted by Gasteiger charge is 2.12. The van der Waals surface area contributed by atoms with E-state index in [1.165, 1.54) is 0 Å². The monoisotopic (exact) mass is 370 g/mol. The predicted octanol–water partition coefficient (Wildman–Crippen LogP) is 3.90. The van der Waals surface area contributed by atoms with Crippen LogP contribution < -0.4 is 4.74 Å². The van der Waals surface area contributed by atoms with Gasteiger partial charge in [0.05, 0.1) is 10.0 Å². The molecule has 0 amide bonds. The van der Waals surface area contributed by atoms with Crippen molar-refractivity contribution in [2.75, 3.05) is 6.61 Å². The molecule has 0 bridgehead atoms. The molecule has 0 heterocycles. The first-order valence-electron chi connectivity index (χ1n) is 4.02. The molecule has 0 N–H and O–H groups in total. The molecule has 6 heteroatoms. The molecule has 0 aliphatic rings. The number of para-hydroxylation sites is 1. The molecule has 1 aromatic rings. The number of benzene rings is 1. The summed E-state index contributed by atoms with van der Waals surface area (Å²) in [5, 5.41) is 0.480. The van der Waals surface area contributed by atoms with Crippen LogP contribution >= 0.6 is 45.8 Å². The van der Waals surface area contributed by atoms with E-state index < -0.39 is 6.16 Å². The largest absolute Gasteiger partial charge is 0.514 e. The van der Waals surface area contributed by atoms with Crippen molar-refractivity contribution in [1.82, 2.24) is 0 Å². The van der Waals surface area contributed by atoms with Gasteiger partial charge in [-0.05, 0) is 16.1 Å². The zero-order chi connectivity index (χ0) is 12.0. The average Bonchev–Trinajstić information content (AvgIpc) is 2.24. The molecule has 84 valence electrons. The van der Waals surface area contributed by atoms with E-state index in [4.69, 9.17) is 27.9 Å². The SMILES string of the molecule is O=C(OCC#CI)Oc1c(Cl)cccc1Cl. The van der Waals surface area contributed by atoms with Gasteiger partial charge >= 0.3 is 6.16 Å². The Hall–Kier alpha value is -0.640. The van der Waals surface area contributed by atoms with E-state index in [0.717, 1.165) is 0 Å². The molecule has 0 unspecified atom stereocenters. The van der Waals surface area contributed by atoms with Gasteiger partial charge in [0.15, 0.2) is 12.4 Å². The van der Waals surface area contributed by atoms with Gasteiger partial charge in [-0.3, -0.25) is 0 Å². The second kappa shape index (κ2) is 6.84. The summed E-state index contributed by atoms with van der Waals surface area (Å²) in [6.45, 7) is -0.0379. The highest BCUT2D eigenvalue weighted by molar-refractivity contribution is 14.1. The summed E-state index contributed by atoms with van der Waals surface area (Å²) in [7, 11) is 0. The minimum absolute atomic E-state index is 0.0379. The van der Waals surface area contributed by atoms with Crippen molar-refractivity contribution in [3.05, 3.63) is 28.2 Å². The van der Waals surface area contributed by atoms with Crippen molar-refractivity contribution in [3.8, 4) is 15.6 Å². The van der Waals surface area contributed by atoms with E-state index in [-0.39, 0.29) is 22.4 Å². The molecule has 1 aromatic carbocycles. The molecule has 16 heavy (non-hydrogen) atoms. The van der Waals surface area contributed by atoms with Crippen LogP contribution in [0.5, 0.6) is 5.75 Å². The first-order valence-corrected chi connectivity index (χ1v) is 5.85. The van der Waals surface area contributed by atoms with Crippen LogP contribution in [-0.2, 0) is 4.74 Å². The third kappa shape index (κ3) is 4.08. The Balaban J connectivity index is 2.65. The first kappa shape index (κ1) is 13.4. The van der Waals surface area contributed by atoms with Crippen LogP contribution in [0.2, 0.25) is 10.0 Å². The Morgan fingerprint density at radius 3 is 2.56 bits per heavy atom. The van der Waals surface area contributed by atoms with Crippen molar-refractivity contribution in [1.29, 1.82) is 0 Å². The number of ether oxygens (including phenoxy) is 2. The molecule has 0 aliphatic carbocycles. The maximum atomic E-state index is 11.2. The van der Waals surface area contributed by atoms with Crippen molar-refractivity contribution < 1.29 is 14.3 Å². The normalized spacial score (nSPS) is 8.94. The Morgan fingerprint density at radius 2 is 2.00 bits per heavy atom. The Morgan fingerprint density at radius 1 is 1.38 bits per heavy atom. The Kier molecular flexibility index (Phi) is 5.74. The van der Waals surface area contributed by atoms with Gasteiger partial charge in [0.25, 0.3) is 0 Å². The third-order valence-corrected chi connectivity index (χ3v) is 2.41. The first-order chi connectivity index (χ1) is 7.65. The number of carbonyl (C=O) groups excluding carboxylic acids is 1. The highest BCUT2D eigenvalue weighted by atomic mass is 127. The van der Waals surface area contributed by atoms with Gasteiger partial charge in [0, 0.05) is 22.6 Å². The molecule has 0 radical (unpaired) electrons. The van der Waals surface area contributed by atoms with Crippen LogP contribution in [-0.4, -0.2) is 12.8 Å². The van der Waals surface area contributed by atoms with Gasteiger partial charge in [0.2, 0.25) is 0 Å². The molecule has 0 spiro atoms. The van der Waals surface area contributed by atoms with E-state index in [1.807, 2.05) is 22.6 Å². The fraction of sp³-hybridized carbons (Fsp3) is 0.100. The van der Waals surface area contributed by atoms with Gasteiger partial charge < -0.3 is 9.47 Å². The molecule has 0 saturated heterocycles. The van der Waals surface area contributed by atoms with Crippen LogP contribution in [0.15, 0.2) is 18.2 Å². The highest BCUT2D eigenvalue weighted by Crippen LogP contribution is 2.32. The maximum Gasteiger partial charge on any atom is 0.514 e. The molecule has 1 rings (SSSR count). The molecule has 0 aliphatic heterocycles. The van der Waals surface area contributed by atoms with Crippen molar-refractivity contribution in [2.24, 2.45) is 0 Å². The summed E-state index contributed by atoms with van der Waals surface area (Å²) in [6.07, 6.45) is -0.894. The Labute approximate surface area is 116 Å².